The van der Waals surface area contributed by atoms with E-state index in [2.05, 4.69) is 9.93 Å². The summed E-state index contributed by atoms with van der Waals surface area (Å²) in [4.78, 5) is 2.31. The smallest absolute Gasteiger partial charge is 0.276 e. The number of sulfonamides is 1. The van der Waals surface area contributed by atoms with E-state index in [4.69, 9.17) is 9.15 Å². The highest BCUT2D eigenvalue weighted by Crippen LogP contribution is 2.16. The van der Waals surface area contributed by atoms with Crippen LogP contribution >= 0.6 is 0 Å². The summed E-state index contributed by atoms with van der Waals surface area (Å²) < 4.78 is 35.0. The molecular weight excluding hydrogens is 304 g/mol. The van der Waals surface area contributed by atoms with E-state index in [1.165, 1.54) is 12.1 Å². The first-order valence-corrected chi connectivity index (χ1v) is 8.26. The van der Waals surface area contributed by atoms with E-state index >= 15 is 0 Å². The molecule has 1 N–H and O–H groups in total. The summed E-state index contributed by atoms with van der Waals surface area (Å²) in [5.41, 5.74) is 0.447. The number of ether oxygens (including phenoxy) is 1. The van der Waals surface area contributed by atoms with Crippen LogP contribution in [0.5, 0.6) is 5.75 Å². The maximum Gasteiger partial charge on any atom is 0.276 e. The fourth-order valence-corrected chi connectivity index (χ4v) is 2.60. The van der Waals surface area contributed by atoms with E-state index in [-0.39, 0.29) is 4.90 Å². The van der Waals surface area contributed by atoms with Gasteiger partial charge in [0.25, 0.3) is 10.0 Å². The van der Waals surface area contributed by atoms with Crippen molar-refractivity contribution in [3.05, 3.63) is 47.9 Å². The van der Waals surface area contributed by atoms with Crippen LogP contribution < -0.4 is 9.57 Å². The van der Waals surface area contributed by atoms with Gasteiger partial charge in [-0.2, -0.15) is 18.4 Å². The summed E-state index contributed by atoms with van der Waals surface area (Å²) in [5, 5.41) is 3.87. The zero-order valence-electron chi connectivity index (χ0n) is 12.7. The van der Waals surface area contributed by atoms with Gasteiger partial charge in [0.05, 0.1) is 11.5 Å². The molecule has 0 unspecified atom stereocenters. The first kappa shape index (κ1) is 16.1. The number of hydrogen-bond acceptors (Lipinski definition) is 5. The topological polar surface area (TPSA) is 80.9 Å². The number of furan rings is 1. The Labute approximate surface area is 129 Å². The molecule has 0 saturated heterocycles. The second-order valence-corrected chi connectivity index (χ2v) is 6.27. The van der Waals surface area contributed by atoms with Crippen molar-refractivity contribution >= 4 is 15.7 Å². The van der Waals surface area contributed by atoms with Crippen LogP contribution in [0.4, 0.5) is 0 Å². The maximum absolute atomic E-state index is 12.2. The van der Waals surface area contributed by atoms with Gasteiger partial charge in [-0.3, -0.25) is 0 Å². The van der Waals surface area contributed by atoms with Crippen molar-refractivity contribution in [1.82, 2.24) is 4.83 Å². The Hall–Kier alpha value is -2.28. The molecule has 0 aliphatic rings. The third-order valence-electron chi connectivity index (χ3n) is 2.88. The molecule has 6 nitrogen and oxygen atoms in total. The molecule has 2 rings (SSSR count). The van der Waals surface area contributed by atoms with Crippen LogP contribution in [0.3, 0.4) is 0 Å². The average Bonchev–Trinajstić information content (AvgIpc) is 2.92. The molecule has 22 heavy (non-hydrogen) atoms. The summed E-state index contributed by atoms with van der Waals surface area (Å²) in [5.74, 6) is 1.87. The van der Waals surface area contributed by atoms with Gasteiger partial charge in [0.2, 0.25) is 0 Å². The van der Waals surface area contributed by atoms with Gasteiger partial charge in [0.1, 0.15) is 23.0 Å². The molecule has 0 atom stereocenters. The van der Waals surface area contributed by atoms with Crippen LogP contribution in [0.2, 0.25) is 0 Å². The normalized spacial score (nSPS) is 12.2. The number of rotatable bonds is 6. The zero-order chi connectivity index (χ0) is 16.2. The third-order valence-corrected chi connectivity index (χ3v) is 4.10. The Morgan fingerprint density at radius 1 is 1.23 bits per heavy atom. The number of benzene rings is 1. The van der Waals surface area contributed by atoms with Crippen LogP contribution in [-0.4, -0.2) is 20.7 Å². The summed E-state index contributed by atoms with van der Waals surface area (Å²) in [7, 11) is -3.72. The van der Waals surface area contributed by atoms with E-state index in [1.54, 1.807) is 38.1 Å². The van der Waals surface area contributed by atoms with Crippen LogP contribution in [0.25, 0.3) is 0 Å². The number of hydrogen-bond donors (Lipinski definition) is 1. The molecule has 0 saturated carbocycles. The van der Waals surface area contributed by atoms with Crippen molar-refractivity contribution in [1.29, 1.82) is 0 Å². The van der Waals surface area contributed by atoms with Crippen LogP contribution in [0.15, 0.2) is 50.8 Å². The van der Waals surface area contributed by atoms with Crippen molar-refractivity contribution < 1.29 is 17.6 Å². The van der Waals surface area contributed by atoms with Crippen LogP contribution in [0, 0.1) is 6.92 Å². The van der Waals surface area contributed by atoms with Crippen molar-refractivity contribution in [3.8, 4) is 5.75 Å². The first-order chi connectivity index (χ1) is 10.4. The molecule has 0 aliphatic carbocycles. The van der Waals surface area contributed by atoms with Crippen molar-refractivity contribution in [2.24, 2.45) is 5.10 Å². The minimum absolute atomic E-state index is 0.114. The standard InChI is InChI=1S/C15H18N2O4S/c1-4-20-13-6-8-14(9-7-13)22(18,19)17-16-12(3)15-10-5-11(2)21-15/h5-10,17H,4H2,1-3H3/b16-12+. The second kappa shape index (κ2) is 6.65. The molecule has 0 spiro atoms. The Balaban J connectivity index is 2.13. The third kappa shape index (κ3) is 3.88. The van der Waals surface area contributed by atoms with Crippen molar-refractivity contribution in [3.63, 3.8) is 0 Å². The lowest BCUT2D eigenvalue weighted by molar-refractivity contribution is 0.340. The number of nitrogens with one attached hydrogen (secondary N) is 1. The van der Waals surface area contributed by atoms with E-state index in [0.717, 1.165) is 5.76 Å². The van der Waals surface area contributed by atoms with Gasteiger partial charge >= 0.3 is 0 Å². The minimum atomic E-state index is -3.72. The summed E-state index contributed by atoms with van der Waals surface area (Å²) in [6.45, 7) is 5.86. The number of aryl methyl sites for hydroxylation is 1. The minimum Gasteiger partial charge on any atom is -0.494 e. The van der Waals surface area contributed by atoms with Crippen LogP contribution in [0.1, 0.15) is 25.4 Å². The van der Waals surface area contributed by atoms with Gasteiger partial charge < -0.3 is 9.15 Å². The van der Waals surface area contributed by atoms with E-state index in [9.17, 15) is 8.42 Å². The van der Waals surface area contributed by atoms with Gasteiger partial charge in [-0.05, 0) is 57.2 Å². The Kier molecular flexibility index (Phi) is 4.87. The molecule has 7 heteroatoms. The van der Waals surface area contributed by atoms with E-state index < -0.39 is 10.0 Å². The fourth-order valence-electron chi connectivity index (χ4n) is 1.75. The molecular formula is C15H18N2O4S. The average molecular weight is 322 g/mol. The lowest BCUT2D eigenvalue weighted by Gasteiger charge is -2.06. The summed E-state index contributed by atoms with van der Waals surface area (Å²) in [6.07, 6.45) is 0. The molecule has 2 aromatic rings. The highest BCUT2D eigenvalue weighted by atomic mass is 32.2. The van der Waals surface area contributed by atoms with E-state index in [1.807, 2.05) is 6.92 Å². The van der Waals surface area contributed by atoms with Crippen molar-refractivity contribution in [2.45, 2.75) is 25.7 Å². The molecule has 1 aromatic heterocycles. The molecule has 0 aliphatic heterocycles. The summed E-state index contributed by atoms with van der Waals surface area (Å²) in [6, 6.07) is 9.66. The van der Waals surface area contributed by atoms with Gasteiger partial charge in [-0.25, -0.2) is 0 Å². The van der Waals surface area contributed by atoms with Gasteiger partial charge in [0, 0.05) is 0 Å². The summed E-state index contributed by atoms with van der Waals surface area (Å²) >= 11 is 0. The van der Waals surface area contributed by atoms with Crippen molar-refractivity contribution in [2.75, 3.05) is 6.61 Å². The highest BCUT2D eigenvalue weighted by molar-refractivity contribution is 7.89. The first-order valence-electron chi connectivity index (χ1n) is 6.78. The monoisotopic (exact) mass is 322 g/mol. The highest BCUT2D eigenvalue weighted by Gasteiger charge is 2.13. The zero-order valence-corrected chi connectivity index (χ0v) is 13.5. The predicted octanol–water partition coefficient (Wildman–Crippen LogP) is 2.69. The Morgan fingerprint density at radius 3 is 2.45 bits per heavy atom. The number of hydrazone groups is 1. The molecule has 0 amide bonds. The van der Waals surface area contributed by atoms with E-state index in [0.29, 0.717) is 23.8 Å². The predicted molar refractivity (Wildman–Crippen MR) is 83.6 cm³/mol. The lowest BCUT2D eigenvalue weighted by Crippen LogP contribution is -2.19. The lowest BCUT2D eigenvalue weighted by atomic mass is 10.3. The fraction of sp³-hybridized carbons (Fsp3) is 0.267. The quantitative estimate of drug-likeness (QED) is 0.655. The molecule has 0 bridgehead atoms. The van der Waals surface area contributed by atoms with Gasteiger partial charge in [-0.15, -0.1) is 0 Å². The van der Waals surface area contributed by atoms with Gasteiger partial charge in [-0.1, -0.05) is 0 Å². The maximum atomic E-state index is 12.2. The van der Waals surface area contributed by atoms with Gasteiger partial charge in [0.15, 0.2) is 0 Å². The Morgan fingerprint density at radius 2 is 1.91 bits per heavy atom. The molecule has 1 aromatic carbocycles. The van der Waals surface area contributed by atoms with Crippen LogP contribution in [-0.2, 0) is 10.0 Å². The molecule has 1 heterocycles. The molecule has 0 radical (unpaired) electrons. The SMILES string of the molecule is CCOc1ccc(S(=O)(=O)N/N=C(\C)c2ccc(C)o2)cc1. The number of nitrogens with zero attached hydrogens (tertiary/aromatic N) is 1. The second-order valence-electron chi connectivity index (χ2n) is 4.61. The Bertz CT molecular complexity index is 761. The molecule has 0 fully saturated rings. The largest absolute Gasteiger partial charge is 0.494 e. The molecule has 118 valence electrons.